The molecule has 3 rings (SSSR count). The van der Waals surface area contributed by atoms with Crippen molar-refractivity contribution in [2.75, 3.05) is 16.3 Å². The minimum Gasteiger partial charge on any atom is -0.293 e. The second kappa shape index (κ2) is 7.08. The van der Waals surface area contributed by atoms with Gasteiger partial charge in [-0.25, -0.2) is 8.42 Å². The van der Waals surface area contributed by atoms with Crippen molar-refractivity contribution in [3.63, 3.8) is 0 Å². The van der Waals surface area contributed by atoms with E-state index in [1.165, 1.54) is 21.7 Å². The molecule has 4 nitrogen and oxygen atoms in total. The second-order valence-corrected chi connectivity index (χ2v) is 9.81. The van der Waals surface area contributed by atoms with Crippen LogP contribution in [0.5, 0.6) is 0 Å². The number of rotatable bonds is 5. The monoisotopic (exact) mass is 389 g/mol. The van der Waals surface area contributed by atoms with Crippen LogP contribution in [0.2, 0.25) is 0 Å². The number of Topliss-reactive ketones (excluding diaryl/α,β-unsaturated/α-hetero) is 1. The summed E-state index contributed by atoms with van der Waals surface area (Å²) in [5, 5.41) is 0. The molecule has 0 amide bonds. The predicted octanol–water partition coefficient (Wildman–Crippen LogP) is 3.99. The zero-order valence-electron chi connectivity index (χ0n) is 15.4. The molecule has 0 aliphatic carbocycles. The highest BCUT2D eigenvalue weighted by atomic mass is 32.2. The van der Waals surface area contributed by atoms with Gasteiger partial charge in [0, 0.05) is 16.5 Å². The molecule has 2 aromatic carbocycles. The average molecular weight is 390 g/mol. The molecule has 0 N–H and O–H groups in total. The van der Waals surface area contributed by atoms with Crippen LogP contribution in [0, 0.1) is 13.8 Å². The van der Waals surface area contributed by atoms with Gasteiger partial charge in [0.1, 0.15) is 0 Å². The second-order valence-electron chi connectivity index (χ2n) is 6.94. The average Bonchev–Trinajstić information content (AvgIpc) is 2.90. The van der Waals surface area contributed by atoms with Crippen LogP contribution in [0.15, 0.2) is 41.3 Å². The van der Waals surface area contributed by atoms with E-state index in [4.69, 9.17) is 0 Å². The quantitative estimate of drug-likeness (QED) is 0.573. The Balaban J connectivity index is 1.78. The number of hydrogen-bond acceptors (Lipinski definition) is 4. The van der Waals surface area contributed by atoms with Crippen LogP contribution in [0.25, 0.3) is 0 Å². The van der Waals surface area contributed by atoms with Crippen LogP contribution in [0.1, 0.15) is 34.0 Å². The summed E-state index contributed by atoms with van der Waals surface area (Å²) in [4.78, 5) is 13.7. The molecular weight excluding hydrogens is 366 g/mol. The van der Waals surface area contributed by atoms with Crippen LogP contribution in [-0.4, -0.2) is 32.3 Å². The molecule has 0 radical (unpaired) electrons. The van der Waals surface area contributed by atoms with E-state index in [-0.39, 0.29) is 11.8 Å². The van der Waals surface area contributed by atoms with Crippen LogP contribution >= 0.6 is 11.8 Å². The first-order chi connectivity index (χ1) is 12.2. The lowest BCUT2D eigenvalue weighted by Gasteiger charge is -2.21. The van der Waals surface area contributed by atoms with E-state index in [9.17, 15) is 13.2 Å². The number of thioether (sulfide) groups is 1. The van der Waals surface area contributed by atoms with Gasteiger partial charge in [0.15, 0.2) is 5.78 Å². The number of anilines is 1. The summed E-state index contributed by atoms with van der Waals surface area (Å²) in [5.41, 5.74) is 4.60. The lowest BCUT2D eigenvalue weighted by Crippen LogP contribution is -2.34. The number of aryl methyl sites for hydroxylation is 2. The Morgan fingerprint density at radius 3 is 2.62 bits per heavy atom. The largest absolute Gasteiger partial charge is 0.293 e. The third-order valence-corrected chi connectivity index (χ3v) is 7.04. The molecule has 0 saturated carbocycles. The first-order valence-electron chi connectivity index (χ1n) is 8.52. The van der Waals surface area contributed by atoms with Gasteiger partial charge in [-0.05, 0) is 62.6 Å². The minimum absolute atomic E-state index is 0.0594. The van der Waals surface area contributed by atoms with Gasteiger partial charge in [-0.3, -0.25) is 9.10 Å². The maximum atomic E-state index is 12.6. The molecule has 1 atom stereocenters. The fraction of sp³-hybridized carbons (Fsp3) is 0.350. The summed E-state index contributed by atoms with van der Waals surface area (Å²) in [6.07, 6.45) is 1.85. The molecule has 6 heteroatoms. The van der Waals surface area contributed by atoms with E-state index >= 15 is 0 Å². The molecule has 0 bridgehead atoms. The van der Waals surface area contributed by atoms with E-state index in [0.29, 0.717) is 23.4 Å². The van der Waals surface area contributed by atoms with E-state index in [1.807, 2.05) is 26.8 Å². The Hall–Kier alpha value is -1.79. The van der Waals surface area contributed by atoms with Crippen LogP contribution < -0.4 is 4.31 Å². The molecule has 0 spiro atoms. The smallest absolute Gasteiger partial charge is 0.232 e. The summed E-state index contributed by atoms with van der Waals surface area (Å²) in [6, 6.07) is 11.5. The SMILES string of the molecule is Cc1ccc(C)c(SCC(=O)c2ccc3c(c2)C[C@H](C)N3S(C)(=O)=O)c1. The topological polar surface area (TPSA) is 54.5 Å². The maximum absolute atomic E-state index is 12.6. The first-order valence-corrected chi connectivity index (χ1v) is 11.4. The van der Waals surface area contributed by atoms with Crippen molar-refractivity contribution in [2.24, 2.45) is 0 Å². The predicted molar refractivity (Wildman–Crippen MR) is 108 cm³/mol. The molecule has 2 aromatic rings. The van der Waals surface area contributed by atoms with Gasteiger partial charge in [-0.1, -0.05) is 17.7 Å². The van der Waals surface area contributed by atoms with Crippen molar-refractivity contribution < 1.29 is 13.2 Å². The van der Waals surface area contributed by atoms with Crippen molar-refractivity contribution in [3.8, 4) is 0 Å². The third kappa shape index (κ3) is 3.81. The molecule has 1 heterocycles. The van der Waals surface area contributed by atoms with Crippen molar-refractivity contribution in [2.45, 2.75) is 38.1 Å². The Labute approximate surface area is 159 Å². The molecule has 138 valence electrons. The van der Waals surface area contributed by atoms with Gasteiger partial charge in [0.2, 0.25) is 10.0 Å². The number of benzene rings is 2. The van der Waals surface area contributed by atoms with Gasteiger partial charge >= 0.3 is 0 Å². The summed E-state index contributed by atoms with van der Waals surface area (Å²) in [6.45, 7) is 5.97. The Kier molecular flexibility index (Phi) is 5.17. The van der Waals surface area contributed by atoms with Crippen LogP contribution in [0.4, 0.5) is 5.69 Å². The van der Waals surface area contributed by atoms with Gasteiger partial charge in [-0.2, -0.15) is 0 Å². The molecule has 1 aliphatic heterocycles. The summed E-state index contributed by atoms with van der Waals surface area (Å²) in [7, 11) is -3.31. The third-order valence-electron chi connectivity index (χ3n) is 4.61. The molecule has 26 heavy (non-hydrogen) atoms. The normalized spacial score (nSPS) is 16.6. The number of nitrogens with zero attached hydrogens (tertiary/aromatic N) is 1. The van der Waals surface area contributed by atoms with Crippen molar-refractivity contribution in [1.82, 2.24) is 0 Å². The van der Waals surface area contributed by atoms with E-state index in [2.05, 4.69) is 18.2 Å². The number of sulfonamides is 1. The van der Waals surface area contributed by atoms with Crippen molar-refractivity contribution in [3.05, 3.63) is 58.7 Å². The van der Waals surface area contributed by atoms with Crippen molar-refractivity contribution >= 4 is 33.3 Å². The number of carbonyl (C=O) groups is 1. The summed E-state index contributed by atoms with van der Waals surface area (Å²) < 4.78 is 25.4. The lowest BCUT2D eigenvalue weighted by molar-refractivity contribution is 0.102. The van der Waals surface area contributed by atoms with Crippen molar-refractivity contribution in [1.29, 1.82) is 0 Å². The summed E-state index contributed by atoms with van der Waals surface area (Å²) >= 11 is 1.55. The lowest BCUT2D eigenvalue weighted by atomic mass is 10.0. The Morgan fingerprint density at radius 2 is 1.92 bits per heavy atom. The van der Waals surface area contributed by atoms with Gasteiger partial charge < -0.3 is 0 Å². The number of ketones is 1. The molecule has 0 unspecified atom stereocenters. The van der Waals surface area contributed by atoms with Gasteiger partial charge in [0.05, 0.1) is 17.7 Å². The number of fused-ring (bicyclic) bond motifs is 1. The zero-order valence-corrected chi connectivity index (χ0v) is 17.1. The Morgan fingerprint density at radius 1 is 1.19 bits per heavy atom. The van der Waals surface area contributed by atoms with E-state index in [1.54, 1.807) is 23.9 Å². The van der Waals surface area contributed by atoms with E-state index in [0.717, 1.165) is 10.5 Å². The minimum atomic E-state index is -3.31. The number of hydrogen-bond donors (Lipinski definition) is 0. The first kappa shape index (κ1) is 19.0. The molecule has 1 aliphatic rings. The molecule has 0 aromatic heterocycles. The summed E-state index contributed by atoms with van der Waals surface area (Å²) in [5.74, 6) is 0.429. The highest BCUT2D eigenvalue weighted by Gasteiger charge is 2.32. The van der Waals surface area contributed by atoms with Gasteiger partial charge in [-0.15, -0.1) is 11.8 Å². The van der Waals surface area contributed by atoms with Crippen LogP contribution in [-0.2, 0) is 16.4 Å². The highest BCUT2D eigenvalue weighted by Crippen LogP contribution is 2.35. The maximum Gasteiger partial charge on any atom is 0.232 e. The Bertz CT molecular complexity index is 967. The molecule has 0 fully saturated rings. The highest BCUT2D eigenvalue weighted by molar-refractivity contribution is 8.00. The fourth-order valence-electron chi connectivity index (χ4n) is 3.37. The standard InChI is InChI=1S/C20H23NO3S2/c1-13-5-6-14(2)20(9-13)25-12-19(22)16-7-8-18-17(11-16)10-15(3)21(18)26(4,23)24/h5-9,11,15H,10,12H2,1-4H3/t15-/m0/s1. The van der Waals surface area contributed by atoms with Crippen LogP contribution in [0.3, 0.4) is 0 Å². The number of carbonyl (C=O) groups excluding carboxylic acids is 1. The molecule has 0 saturated heterocycles. The zero-order chi connectivity index (χ0) is 19.1. The molecular formula is C20H23NO3S2. The van der Waals surface area contributed by atoms with Gasteiger partial charge in [0.25, 0.3) is 0 Å². The van der Waals surface area contributed by atoms with E-state index < -0.39 is 10.0 Å². The fourth-order valence-corrected chi connectivity index (χ4v) is 5.65.